The molecule has 0 heterocycles. The molecule has 3 N–H and O–H groups in total. The third-order valence-electron chi connectivity index (χ3n) is 3.30. The van der Waals surface area contributed by atoms with Gasteiger partial charge in [0.15, 0.2) is 6.61 Å². The topological polar surface area (TPSA) is 64.3 Å². The van der Waals surface area contributed by atoms with Crippen molar-refractivity contribution in [3.63, 3.8) is 0 Å². The van der Waals surface area contributed by atoms with Gasteiger partial charge in [-0.15, -0.1) is 0 Å². The molecule has 1 amide bonds. The minimum Gasteiger partial charge on any atom is -0.483 e. The highest BCUT2D eigenvalue weighted by Crippen LogP contribution is 2.27. The minimum atomic E-state index is -0.106. The molecule has 2 rings (SSSR count). The molecule has 1 aromatic rings. The van der Waals surface area contributed by atoms with Crippen LogP contribution in [-0.4, -0.2) is 19.1 Å². The van der Waals surface area contributed by atoms with Crippen molar-refractivity contribution in [2.24, 2.45) is 11.7 Å². The standard InChI is InChI=1S/C15H22N2O2/c1-10-3-6-13(11(2)16)14(7-10)19-9-15(18)17-8-12-4-5-12/h3,6-7,11-12H,4-5,8-9,16H2,1-2H3,(H,17,18)/t11-/m0/s1. The molecule has 0 saturated heterocycles. The third-order valence-corrected chi connectivity index (χ3v) is 3.30. The summed E-state index contributed by atoms with van der Waals surface area (Å²) in [6.45, 7) is 4.72. The summed E-state index contributed by atoms with van der Waals surface area (Å²) in [5, 5.41) is 2.88. The monoisotopic (exact) mass is 262 g/mol. The number of carbonyl (C=O) groups excluding carboxylic acids is 1. The highest BCUT2D eigenvalue weighted by Gasteiger charge is 2.21. The van der Waals surface area contributed by atoms with Crippen LogP contribution in [0, 0.1) is 12.8 Å². The van der Waals surface area contributed by atoms with Crippen molar-refractivity contribution in [3.05, 3.63) is 29.3 Å². The zero-order valence-corrected chi connectivity index (χ0v) is 11.6. The van der Waals surface area contributed by atoms with E-state index >= 15 is 0 Å². The summed E-state index contributed by atoms with van der Waals surface area (Å²) in [7, 11) is 0. The van der Waals surface area contributed by atoms with E-state index in [4.69, 9.17) is 10.5 Å². The van der Waals surface area contributed by atoms with Gasteiger partial charge in [0.2, 0.25) is 0 Å². The molecule has 1 aliphatic rings. The predicted molar refractivity (Wildman–Crippen MR) is 75.0 cm³/mol. The first kappa shape index (κ1) is 13.9. The summed E-state index contributed by atoms with van der Waals surface area (Å²) in [6, 6.07) is 5.77. The average molecular weight is 262 g/mol. The molecule has 4 heteroatoms. The van der Waals surface area contributed by atoms with E-state index in [0.717, 1.165) is 17.7 Å². The minimum absolute atomic E-state index is 0.0515. The van der Waals surface area contributed by atoms with Crippen molar-refractivity contribution >= 4 is 5.91 Å². The van der Waals surface area contributed by atoms with Crippen LogP contribution in [0.3, 0.4) is 0 Å². The van der Waals surface area contributed by atoms with Crippen LogP contribution < -0.4 is 15.8 Å². The molecule has 0 spiro atoms. The molecule has 1 aliphatic carbocycles. The van der Waals surface area contributed by atoms with E-state index < -0.39 is 0 Å². The zero-order chi connectivity index (χ0) is 13.8. The Hall–Kier alpha value is -1.55. The van der Waals surface area contributed by atoms with E-state index in [0.29, 0.717) is 11.7 Å². The number of amides is 1. The molecule has 1 fully saturated rings. The fraction of sp³-hybridized carbons (Fsp3) is 0.533. The van der Waals surface area contributed by atoms with Crippen LogP contribution in [-0.2, 0) is 4.79 Å². The number of nitrogens with one attached hydrogen (secondary N) is 1. The molecule has 0 radical (unpaired) electrons. The van der Waals surface area contributed by atoms with Gasteiger partial charge >= 0.3 is 0 Å². The third kappa shape index (κ3) is 4.24. The number of aryl methyl sites for hydroxylation is 1. The fourth-order valence-corrected chi connectivity index (χ4v) is 1.92. The van der Waals surface area contributed by atoms with Crippen LogP contribution in [0.1, 0.15) is 36.9 Å². The van der Waals surface area contributed by atoms with Gasteiger partial charge in [0, 0.05) is 18.2 Å². The number of nitrogens with two attached hydrogens (primary N) is 1. The lowest BCUT2D eigenvalue weighted by Crippen LogP contribution is -2.30. The summed E-state index contributed by atoms with van der Waals surface area (Å²) in [6.07, 6.45) is 2.46. The summed E-state index contributed by atoms with van der Waals surface area (Å²) in [5.41, 5.74) is 7.92. The maximum atomic E-state index is 11.6. The van der Waals surface area contributed by atoms with Gasteiger partial charge in [0.05, 0.1) is 0 Å². The molecule has 4 nitrogen and oxygen atoms in total. The van der Waals surface area contributed by atoms with Gasteiger partial charge in [0.25, 0.3) is 5.91 Å². The summed E-state index contributed by atoms with van der Waals surface area (Å²) >= 11 is 0. The average Bonchev–Trinajstić information content (AvgIpc) is 3.17. The number of hydrogen-bond donors (Lipinski definition) is 2. The van der Waals surface area contributed by atoms with Gasteiger partial charge < -0.3 is 15.8 Å². The predicted octanol–water partition coefficient (Wildman–Crippen LogP) is 1.92. The molecular formula is C15H22N2O2. The second kappa shape index (κ2) is 6.06. The highest BCUT2D eigenvalue weighted by molar-refractivity contribution is 5.77. The molecule has 0 bridgehead atoms. The number of hydrogen-bond acceptors (Lipinski definition) is 3. The number of rotatable bonds is 6. The van der Waals surface area contributed by atoms with Gasteiger partial charge in [-0.1, -0.05) is 12.1 Å². The number of ether oxygens (including phenoxy) is 1. The van der Waals surface area contributed by atoms with Crippen LogP contribution in [0.25, 0.3) is 0 Å². The summed E-state index contributed by atoms with van der Waals surface area (Å²) in [4.78, 5) is 11.6. The van der Waals surface area contributed by atoms with Crippen molar-refractivity contribution < 1.29 is 9.53 Å². The quantitative estimate of drug-likeness (QED) is 0.823. The molecule has 0 unspecified atom stereocenters. The fourth-order valence-electron chi connectivity index (χ4n) is 1.92. The van der Waals surface area contributed by atoms with E-state index in [1.807, 2.05) is 32.0 Å². The van der Waals surface area contributed by atoms with Crippen molar-refractivity contribution in [3.8, 4) is 5.75 Å². The maximum absolute atomic E-state index is 11.6. The molecule has 0 aromatic heterocycles. The number of carbonyl (C=O) groups is 1. The zero-order valence-electron chi connectivity index (χ0n) is 11.6. The Morgan fingerprint density at radius 3 is 2.89 bits per heavy atom. The van der Waals surface area contributed by atoms with Gasteiger partial charge in [-0.3, -0.25) is 4.79 Å². The van der Waals surface area contributed by atoms with Crippen LogP contribution in [0.4, 0.5) is 0 Å². The Labute approximate surface area is 114 Å². The lowest BCUT2D eigenvalue weighted by molar-refractivity contribution is -0.123. The van der Waals surface area contributed by atoms with Crippen molar-refractivity contribution in [1.82, 2.24) is 5.32 Å². The second-order valence-electron chi connectivity index (χ2n) is 5.37. The molecule has 1 saturated carbocycles. The summed E-state index contributed by atoms with van der Waals surface area (Å²) < 4.78 is 5.60. The molecule has 1 atom stereocenters. The normalized spacial score (nSPS) is 15.9. The smallest absolute Gasteiger partial charge is 0.257 e. The van der Waals surface area contributed by atoms with Gasteiger partial charge in [-0.25, -0.2) is 0 Å². The SMILES string of the molecule is Cc1ccc([C@H](C)N)c(OCC(=O)NCC2CC2)c1. The van der Waals surface area contributed by atoms with E-state index in [1.165, 1.54) is 12.8 Å². The van der Waals surface area contributed by atoms with Gasteiger partial charge in [-0.05, 0) is 44.2 Å². The Morgan fingerprint density at radius 2 is 2.26 bits per heavy atom. The molecular weight excluding hydrogens is 240 g/mol. The van der Waals surface area contributed by atoms with E-state index in [2.05, 4.69) is 5.32 Å². The molecule has 19 heavy (non-hydrogen) atoms. The van der Waals surface area contributed by atoms with Crippen molar-refractivity contribution in [1.29, 1.82) is 0 Å². The second-order valence-corrected chi connectivity index (χ2v) is 5.37. The van der Waals surface area contributed by atoms with Crippen LogP contribution >= 0.6 is 0 Å². The Bertz CT molecular complexity index is 453. The van der Waals surface area contributed by atoms with E-state index in [9.17, 15) is 4.79 Å². The Kier molecular flexibility index (Phi) is 4.43. The van der Waals surface area contributed by atoms with Gasteiger partial charge in [-0.2, -0.15) is 0 Å². The van der Waals surface area contributed by atoms with Crippen LogP contribution in [0.15, 0.2) is 18.2 Å². The van der Waals surface area contributed by atoms with Crippen LogP contribution in [0.5, 0.6) is 5.75 Å². The first-order valence-corrected chi connectivity index (χ1v) is 6.82. The van der Waals surface area contributed by atoms with Gasteiger partial charge in [0.1, 0.15) is 5.75 Å². The van der Waals surface area contributed by atoms with E-state index in [1.54, 1.807) is 0 Å². The lowest BCUT2D eigenvalue weighted by Gasteiger charge is -2.14. The molecule has 1 aromatic carbocycles. The van der Waals surface area contributed by atoms with Crippen molar-refractivity contribution in [2.75, 3.05) is 13.2 Å². The Balaban J connectivity index is 1.89. The lowest BCUT2D eigenvalue weighted by atomic mass is 10.1. The first-order chi connectivity index (χ1) is 9.06. The number of benzene rings is 1. The van der Waals surface area contributed by atoms with Crippen molar-refractivity contribution in [2.45, 2.75) is 32.7 Å². The van der Waals surface area contributed by atoms with Crippen LogP contribution in [0.2, 0.25) is 0 Å². The Morgan fingerprint density at radius 1 is 1.53 bits per heavy atom. The highest BCUT2D eigenvalue weighted by atomic mass is 16.5. The first-order valence-electron chi connectivity index (χ1n) is 6.82. The molecule has 104 valence electrons. The maximum Gasteiger partial charge on any atom is 0.257 e. The van der Waals surface area contributed by atoms with E-state index in [-0.39, 0.29) is 18.6 Å². The molecule has 0 aliphatic heterocycles. The largest absolute Gasteiger partial charge is 0.483 e. The summed E-state index contributed by atoms with van der Waals surface area (Å²) in [5.74, 6) is 1.32.